The van der Waals surface area contributed by atoms with Crippen LogP contribution in [-0.4, -0.2) is 42.5 Å². The first-order valence-corrected chi connectivity index (χ1v) is 10.8. The SMILES string of the molecule is CCCCNC(=O)c1ccc(CN=C(NCC)NCC2CCCS2)cc1. The highest BCUT2D eigenvalue weighted by Crippen LogP contribution is 2.25. The topological polar surface area (TPSA) is 65.5 Å². The molecule has 1 aliphatic heterocycles. The zero-order chi connectivity index (χ0) is 18.6. The van der Waals surface area contributed by atoms with Gasteiger partial charge in [-0.05, 0) is 49.6 Å². The summed E-state index contributed by atoms with van der Waals surface area (Å²) in [5.41, 5.74) is 1.81. The Morgan fingerprint density at radius 2 is 2.00 bits per heavy atom. The first-order chi connectivity index (χ1) is 12.7. The van der Waals surface area contributed by atoms with Crippen LogP contribution < -0.4 is 16.0 Å². The minimum Gasteiger partial charge on any atom is -0.357 e. The number of hydrogen-bond donors (Lipinski definition) is 3. The van der Waals surface area contributed by atoms with Gasteiger partial charge < -0.3 is 16.0 Å². The van der Waals surface area contributed by atoms with Crippen molar-refractivity contribution in [2.24, 2.45) is 4.99 Å². The highest BCUT2D eigenvalue weighted by Gasteiger charge is 2.15. The van der Waals surface area contributed by atoms with Crippen LogP contribution in [-0.2, 0) is 6.54 Å². The standard InChI is InChI=1S/C20H32N4OS/c1-3-5-12-22-19(25)17-10-8-16(9-11-17)14-23-20(21-4-2)24-15-18-7-6-13-26-18/h8-11,18H,3-7,12-15H2,1-2H3,(H,22,25)(H2,21,23,24). The molecule has 1 aliphatic rings. The zero-order valence-electron chi connectivity index (χ0n) is 16.0. The maximum atomic E-state index is 12.0. The number of benzene rings is 1. The van der Waals surface area contributed by atoms with Crippen molar-refractivity contribution >= 4 is 23.6 Å². The number of hydrogen-bond acceptors (Lipinski definition) is 3. The summed E-state index contributed by atoms with van der Waals surface area (Å²) in [5, 5.41) is 10.4. The van der Waals surface area contributed by atoms with E-state index in [1.807, 2.05) is 36.0 Å². The summed E-state index contributed by atoms with van der Waals surface area (Å²) in [6.45, 7) is 7.34. The zero-order valence-corrected chi connectivity index (χ0v) is 16.8. The van der Waals surface area contributed by atoms with Gasteiger partial charge in [0.15, 0.2) is 5.96 Å². The first kappa shape index (κ1) is 20.6. The van der Waals surface area contributed by atoms with Gasteiger partial charge in [-0.3, -0.25) is 4.79 Å². The van der Waals surface area contributed by atoms with Gasteiger partial charge in [0, 0.05) is 30.4 Å². The Balaban J connectivity index is 1.84. The molecule has 3 N–H and O–H groups in total. The van der Waals surface area contributed by atoms with Crippen molar-refractivity contribution in [2.75, 3.05) is 25.4 Å². The molecule has 5 nitrogen and oxygen atoms in total. The smallest absolute Gasteiger partial charge is 0.251 e. The van der Waals surface area contributed by atoms with Crippen molar-refractivity contribution in [1.82, 2.24) is 16.0 Å². The number of carbonyl (C=O) groups is 1. The number of nitrogens with zero attached hydrogens (tertiary/aromatic N) is 1. The van der Waals surface area contributed by atoms with Crippen molar-refractivity contribution < 1.29 is 4.79 Å². The van der Waals surface area contributed by atoms with E-state index in [9.17, 15) is 4.79 Å². The molecular weight excluding hydrogens is 344 g/mol. The van der Waals surface area contributed by atoms with E-state index in [1.54, 1.807) is 0 Å². The van der Waals surface area contributed by atoms with Gasteiger partial charge in [-0.15, -0.1) is 0 Å². The summed E-state index contributed by atoms with van der Waals surface area (Å²) in [5.74, 6) is 2.14. The average Bonchev–Trinajstić information content (AvgIpc) is 3.18. The second-order valence-corrected chi connectivity index (χ2v) is 7.93. The molecule has 6 heteroatoms. The Morgan fingerprint density at radius 3 is 2.65 bits per heavy atom. The molecule has 0 radical (unpaired) electrons. The summed E-state index contributed by atoms with van der Waals surface area (Å²) < 4.78 is 0. The molecule has 1 amide bonds. The van der Waals surface area contributed by atoms with Gasteiger partial charge >= 0.3 is 0 Å². The largest absolute Gasteiger partial charge is 0.357 e. The van der Waals surface area contributed by atoms with E-state index >= 15 is 0 Å². The highest BCUT2D eigenvalue weighted by atomic mass is 32.2. The van der Waals surface area contributed by atoms with E-state index in [-0.39, 0.29) is 5.91 Å². The normalized spacial score (nSPS) is 17.2. The van der Waals surface area contributed by atoms with E-state index in [2.05, 4.69) is 34.8 Å². The third-order valence-corrected chi connectivity index (χ3v) is 5.72. The summed E-state index contributed by atoms with van der Waals surface area (Å²) >= 11 is 2.04. The van der Waals surface area contributed by atoms with Crippen LogP contribution in [0.5, 0.6) is 0 Å². The maximum absolute atomic E-state index is 12.0. The van der Waals surface area contributed by atoms with Crippen LogP contribution in [0.4, 0.5) is 0 Å². The highest BCUT2D eigenvalue weighted by molar-refractivity contribution is 8.00. The Bertz CT molecular complexity index is 568. The molecule has 1 heterocycles. The van der Waals surface area contributed by atoms with Crippen LogP contribution in [0.15, 0.2) is 29.3 Å². The predicted octanol–water partition coefficient (Wildman–Crippen LogP) is 3.17. The molecule has 26 heavy (non-hydrogen) atoms. The second kappa shape index (κ2) is 11.8. The molecule has 1 saturated heterocycles. The third kappa shape index (κ3) is 7.28. The van der Waals surface area contributed by atoms with Gasteiger partial charge in [-0.1, -0.05) is 25.5 Å². The Hall–Kier alpha value is -1.69. The second-order valence-electron chi connectivity index (χ2n) is 6.52. The van der Waals surface area contributed by atoms with Crippen molar-refractivity contribution in [1.29, 1.82) is 0 Å². The van der Waals surface area contributed by atoms with Crippen LogP contribution in [0.2, 0.25) is 0 Å². The van der Waals surface area contributed by atoms with Gasteiger partial charge in [0.2, 0.25) is 0 Å². The summed E-state index contributed by atoms with van der Waals surface area (Å²) in [4.78, 5) is 16.7. The van der Waals surface area contributed by atoms with E-state index in [0.29, 0.717) is 17.4 Å². The Morgan fingerprint density at radius 1 is 1.19 bits per heavy atom. The first-order valence-electron chi connectivity index (χ1n) is 9.73. The summed E-state index contributed by atoms with van der Waals surface area (Å²) in [6, 6.07) is 7.71. The van der Waals surface area contributed by atoms with E-state index in [1.165, 1.54) is 18.6 Å². The molecule has 0 bridgehead atoms. The number of amides is 1. The van der Waals surface area contributed by atoms with Crippen molar-refractivity contribution in [2.45, 2.75) is 51.3 Å². The van der Waals surface area contributed by atoms with Crippen molar-refractivity contribution in [3.05, 3.63) is 35.4 Å². The fourth-order valence-corrected chi connectivity index (χ4v) is 3.97. The number of carbonyl (C=O) groups excluding carboxylic acids is 1. The molecule has 1 atom stereocenters. The summed E-state index contributed by atoms with van der Waals surface area (Å²) in [7, 11) is 0. The molecule has 0 aliphatic carbocycles. The average molecular weight is 377 g/mol. The van der Waals surface area contributed by atoms with Crippen LogP contribution >= 0.6 is 11.8 Å². The van der Waals surface area contributed by atoms with E-state index in [0.717, 1.165) is 44.0 Å². The van der Waals surface area contributed by atoms with E-state index < -0.39 is 0 Å². The molecule has 1 fully saturated rings. The third-order valence-electron chi connectivity index (χ3n) is 4.32. The molecule has 144 valence electrons. The minimum absolute atomic E-state index is 0.00225. The number of guanidine groups is 1. The molecular formula is C20H32N4OS. The monoisotopic (exact) mass is 376 g/mol. The van der Waals surface area contributed by atoms with Crippen LogP contribution in [0.25, 0.3) is 0 Å². The van der Waals surface area contributed by atoms with Crippen molar-refractivity contribution in [3.63, 3.8) is 0 Å². The lowest BCUT2D eigenvalue weighted by Crippen LogP contribution is -2.40. The van der Waals surface area contributed by atoms with Gasteiger partial charge in [0.05, 0.1) is 6.54 Å². The minimum atomic E-state index is -0.00225. The number of unbranched alkanes of at least 4 members (excludes halogenated alkanes) is 1. The van der Waals surface area contributed by atoms with Crippen LogP contribution in [0.3, 0.4) is 0 Å². The van der Waals surface area contributed by atoms with Gasteiger partial charge in [0.1, 0.15) is 0 Å². The molecule has 1 aromatic rings. The number of nitrogens with one attached hydrogen (secondary N) is 3. The van der Waals surface area contributed by atoms with Crippen LogP contribution in [0, 0.1) is 0 Å². The van der Waals surface area contributed by atoms with Crippen molar-refractivity contribution in [3.8, 4) is 0 Å². The van der Waals surface area contributed by atoms with Gasteiger partial charge in [0.25, 0.3) is 5.91 Å². The molecule has 0 saturated carbocycles. The number of aliphatic imine (C=N–C) groups is 1. The Labute approximate surface area is 161 Å². The van der Waals surface area contributed by atoms with Gasteiger partial charge in [-0.2, -0.15) is 11.8 Å². The number of rotatable bonds is 9. The molecule has 1 aromatic carbocycles. The lowest BCUT2D eigenvalue weighted by atomic mass is 10.1. The molecule has 0 spiro atoms. The molecule has 2 rings (SSSR count). The fourth-order valence-electron chi connectivity index (χ4n) is 2.77. The lowest BCUT2D eigenvalue weighted by molar-refractivity contribution is 0.0953. The summed E-state index contributed by atoms with van der Waals surface area (Å²) in [6.07, 6.45) is 4.71. The Kier molecular flexibility index (Phi) is 9.39. The quantitative estimate of drug-likeness (QED) is 0.352. The van der Waals surface area contributed by atoms with Gasteiger partial charge in [-0.25, -0.2) is 4.99 Å². The lowest BCUT2D eigenvalue weighted by Gasteiger charge is -2.14. The molecule has 1 unspecified atom stereocenters. The van der Waals surface area contributed by atoms with E-state index in [4.69, 9.17) is 0 Å². The maximum Gasteiger partial charge on any atom is 0.251 e. The fraction of sp³-hybridized carbons (Fsp3) is 0.600. The van der Waals surface area contributed by atoms with Crippen LogP contribution in [0.1, 0.15) is 55.5 Å². The predicted molar refractivity (Wildman–Crippen MR) is 112 cm³/mol. The number of thioether (sulfide) groups is 1. The molecule has 0 aromatic heterocycles.